The van der Waals surface area contributed by atoms with Crippen molar-refractivity contribution < 1.29 is 31.5 Å². The van der Waals surface area contributed by atoms with Crippen LogP contribution < -0.4 is 10.1 Å². The maximum atomic E-state index is 14.1. The Bertz CT molecular complexity index is 642. The van der Waals surface area contributed by atoms with Gasteiger partial charge in [-0.15, -0.1) is 13.2 Å². The molecule has 0 saturated carbocycles. The van der Waals surface area contributed by atoms with Gasteiger partial charge in [-0.25, -0.2) is 8.78 Å². The molecule has 1 aliphatic heterocycles. The minimum atomic E-state index is -5.06. The fourth-order valence-electron chi connectivity index (χ4n) is 2.80. The third-order valence-electron chi connectivity index (χ3n) is 3.86. The molecule has 1 aromatic carbocycles. The Hall–Kier alpha value is -1.90. The van der Waals surface area contributed by atoms with Gasteiger partial charge in [0.15, 0.2) is 11.6 Å². The Morgan fingerprint density at radius 2 is 1.92 bits per heavy atom. The fraction of sp³-hybridized carbons (Fsp3) is 0.562. The van der Waals surface area contributed by atoms with Gasteiger partial charge in [-0.2, -0.15) is 0 Å². The van der Waals surface area contributed by atoms with E-state index in [1.807, 2.05) is 20.8 Å². The first-order chi connectivity index (χ1) is 11.4. The van der Waals surface area contributed by atoms with Crippen LogP contribution >= 0.6 is 0 Å². The fourth-order valence-corrected chi connectivity index (χ4v) is 2.80. The molecule has 0 aromatic heterocycles. The highest BCUT2D eigenvalue weighted by Gasteiger charge is 2.42. The van der Waals surface area contributed by atoms with Gasteiger partial charge in [-0.3, -0.25) is 9.69 Å². The van der Waals surface area contributed by atoms with E-state index < -0.39 is 47.3 Å². The Labute approximate surface area is 141 Å². The van der Waals surface area contributed by atoms with E-state index in [4.69, 9.17) is 0 Å². The van der Waals surface area contributed by atoms with Crippen molar-refractivity contribution in [1.82, 2.24) is 4.90 Å². The van der Waals surface area contributed by atoms with Gasteiger partial charge in [0.05, 0.1) is 11.7 Å². The number of likely N-dealkylation sites (tertiary alicyclic amines) is 1. The van der Waals surface area contributed by atoms with Gasteiger partial charge >= 0.3 is 6.36 Å². The van der Waals surface area contributed by atoms with E-state index in [0.29, 0.717) is 0 Å². The number of anilines is 1. The summed E-state index contributed by atoms with van der Waals surface area (Å²) in [5.74, 6) is -3.07. The van der Waals surface area contributed by atoms with Crippen LogP contribution in [0.25, 0.3) is 0 Å². The molecule has 2 rings (SSSR count). The van der Waals surface area contributed by atoms with Crippen molar-refractivity contribution >= 4 is 11.6 Å². The van der Waals surface area contributed by atoms with Crippen LogP contribution in [0, 0.1) is 5.82 Å². The number of halogens is 5. The summed E-state index contributed by atoms with van der Waals surface area (Å²) in [6.45, 7) is 5.48. The number of benzene rings is 1. The van der Waals surface area contributed by atoms with Gasteiger partial charge in [-0.1, -0.05) is 6.07 Å². The molecular weight excluding hydrogens is 347 g/mol. The monoisotopic (exact) mass is 366 g/mol. The van der Waals surface area contributed by atoms with Crippen LogP contribution in [-0.2, 0) is 4.79 Å². The maximum Gasteiger partial charge on any atom is 0.573 e. The van der Waals surface area contributed by atoms with E-state index in [9.17, 15) is 26.7 Å². The summed E-state index contributed by atoms with van der Waals surface area (Å²) in [7, 11) is 0. The SMILES string of the molecule is CC(C)(C)N1C[C@H](F)C[C@H]1C(=O)Nc1cccc(OC(F)(F)F)c1F. The van der Waals surface area contributed by atoms with Crippen LogP contribution in [0.2, 0.25) is 0 Å². The summed E-state index contributed by atoms with van der Waals surface area (Å²) < 4.78 is 68.2. The quantitative estimate of drug-likeness (QED) is 0.826. The van der Waals surface area contributed by atoms with Gasteiger partial charge in [0.25, 0.3) is 0 Å². The summed E-state index contributed by atoms with van der Waals surface area (Å²) in [4.78, 5) is 14.1. The topological polar surface area (TPSA) is 41.6 Å². The van der Waals surface area contributed by atoms with Gasteiger partial charge < -0.3 is 10.1 Å². The smallest absolute Gasteiger partial charge is 0.403 e. The number of rotatable bonds is 3. The zero-order chi connectivity index (χ0) is 19.0. The second kappa shape index (κ2) is 6.78. The summed E-state index contributed by atoms with van der Waals surface area (Å²) in [6, 6.07) is 2.18. The van der Waals surface area contributed by atoms with Crippen molar-refractivity contribution in [2.45, 2.75) is 51.3 Å². The van der Waals surface area contributed by atoms with Crippen LogP contribution in [0.4, 0.5) is 27.6 Å². The molecule has 1 fully saturated rings. The molecule has 25 heavy (non-hydrogen) atoms. The van der Waals surface area contributed by atoms with Gasteiger partial charge in [-0.05, 0) is 32.9 Å². The Morgan fingerprint density at radius 1 is 1.28 bits per heavy atom. The molecule has 1 aliphatic rings. The van der Waals surface area contributed by atoms with Crippen LogP contribution in [0.5, 0.6) is 5.75 Å². The van der Waals surface area contributed by atoms with E-state index in [1.165, 1.54) is 0 Å². The van der Waals surface area contributed by atoms with E-state index in [0.717, 1.165) is 18.2 Å². The minimum absolute atomic E-state index is 0.0568. The number of nitrogens with zero attached hydrogens (tertiary/aromatic N) is 1. The summed E-state index contributed by atoms with van der Waals surface area (Å²) in [6.07, 6.45) is -6.33. The molecule has 0 aliphatic carbocycles. The predicted octanol–water partition coefficient (Wildman–Crippen LogP) is 3.87. The molecule has 1 aromatic rings. The summed E-state index contributed by atoms with van der Waals surface area (Å²) in [5.41, 5.74) is -0.953. The molecule has 1 saturated heterocycles. The molecule has 0 radical (unpaired) electrons. The summed E-state index contributed by atoms with van der Waals surface area (Å²) in [5, 5.41) is 2.23. The van der Waals surface area contributed by atoms with Gasteiger partial charge in [0.2, 0.25) is 5.91 Å². The first kappa shape index (κ1) is 19.4. The molecule has 1 N–H and O–H groups in total. The zero-order valence-corrected chi connectivity index (χ0v) is 14.0. The maximum absolute atomic E-state index is 14.1. The summed E-state index contributed by atoms with van der Waals surface area (Å²) >= 11 is 0. The number of carbonyl (C=O) groups excluding carboxylic acids is 1. The third kappa shape index (κ3) is 4.81. The van der Waals surface area contributed by atoms with Gasteiger partial charge in [0.1, 0.15) is 6.17 Å². The number of amides is 1. The molecule has 0 spiro atoms. The Balaban J connectivity index is 2.19. The van der Waals surface area contributed by atoms with Crippen molar-refractivity contribution in [1.29, 1.82) is 0 Å². The number of hydrogen-bond donors (Lipinski definition) is 1. The average Bonchev–Trinajstić information content (AvgIpc) is 2.84. The lowest BCUT2D eigenvalue weighted by Crippen LogP contribution is -2.49. The number of hydrogen-bond acceptors (Lipinski definition) is 3. The van der Waals surface area contributed by atoms with Crippen molar-refractivity contribution in [3.05, 3.63) is 24.0 Å². The Kier molecular flexibility index (Phi) is 5.27. The van der Waals surface area contributed by atoms with E-state index in [1.54, 1.807) is 4.90 Å². The second-order valence-corrected chi connectivity index (χ2v) is 6.83. The highest BCUT2D eigenvalue weighted by atomic mass is 19.4. The number of alkyl halides is 4. The van der Waals surface area contributed by atoms with Crippen molar-refractivity contribution in [3.63, 3.8) is 0 Å². The molecule has 1 heterocycles. The normalized spacial score (nSPS) is 22.1. The third-order valence-corrected chi connectivity index (χ3v) is 3.86. The number of ether oxygens (including phenoxy) is 1. The standard InChI is InChI=1S/C16H19F5N2O2/c1-15(2,3)23-8-9(17)7-11(23)14(24)22-10-5-4-6-12(13(10)18)25-16(19,20)21/h4-6,9,11H,7-8H2,1-3H3,(H,22,24)/t9-,11+/m1/s1. The predicted molar refractivity (Wildman–Crippen MR) is 81.5 cm³/mol. The molecule has 1 amide bonds. The second-order valence-electron chi connectivity index (χ2n) is 6.83. The molecule has 0 unspecified atom stereocenters. The first-order valence-electron chi connectivity index (χ1n) is 7.64. The van der Waals surface area contributed by atoms with Crippen molar-refractivity contribution in [3.8, 4) is 5.75 Å². The van der Waals surface area contributed by atoms with Crippen LogP contribution in [-0.4, -0.2) is 41.5 Å². The molecule has 9 heteroatoms. The number of nitrogens with one attached hydrogen (secondary N) is 1. The van der Waals surface area contributed by atoms with Gasteiger partial charge in [0, 0.05) is 18.5 Å². The largest absolute Gasteiger partial charge is 0.573 e. The van der Waals surface area contributed by atoms with Crippen molar-refractivity contribution in [2.75, 3.05) is 11.9 Å². The van der Waals surface area contributed by atoms with E-state index in [2.05, 4.69) is 10.1 Å². The molecule has 140 valence electrons. The van der Waals surface area contributed by atoms with E-state index >= 15 is 0 Å². The molecule has 2 atom stereocenters. The lowest BCUT2D eigenvalue weighted by molar-refractivity contribution is -0.275. The molecule has 4 nitrogen and oxygen atoms in total. The minimum Gasteiger partial charge on any atom is -0.403 e. The van der Waals surface area contributed by atoms with Crippen LogP contribution in [0.15, 0.2) is 18.2 Å². The molecular formula is C16H19F5N2O2. The zero-order valence-electron chi connectivity index (χ0n) is 14.0. The lowest BCUT2D eigenvalue weighted by atomic mass is 10.0. The van der Waals surface area contributed by atoms with E-state index in [-0.39, 0.29) is 13.0 Å². The average molecular weight is 366 g/mol. The number of carbonyl (C=O) groups is 1. The highest BCUT2D eigenvalue weighted by molar-refractivity contribution is 5.95. The Morgan fingerprint density at radius 3 is 2.48 bits per heavy atom. The lowest BCUT2D eigenvalue weighted by Gasteiger charge is -2.35. The van der Waals surface area contributed by atoms with Crippen LogP contribution in [0.1, 0.15) is 27.2 Å². The van der Waals surface area contributed by atoms with Crippen LogP contribution in [0.3, 0.4) is 0 Å². The highest BCUT2D eigenvalue weighted by Crippen LogP contribution is 2.32. The van der Waals surface area contributed by atoms with Crippen molar-refractivity contribution in [2.24, 2.45) is 0 Å². The molecule has 0 bridgehead atoms. The first-order valence-corrected chi connectivity index (χ1v) is 7.64.